The molecule has 0 aromatic heterocycles. The molecule has 0 aromatic carbocycles. The minimum absolute atomic E-state index is 0.435. The van der Waals surface area contributed by atoms with Crippen molar-refractivity contribution >= 4 is 5.91 Å². The molecule has 12 heavy (non-hydrogen) atoms. The summed E-state index contributed by atoms with van der Waals surface area (Å²) in [5.41, 5.74) is 0.435. The van der Waals surface area contributed by atoms with Gasteiger partial charge < -0.3 is 10.4 Å². The summed E-state index contributed by atoms with van der Waals surface area (Å²) in [6, 6.07) is 0. The molecule has 1 amide bonds. The molecule has 0 aliphatic carbocycles. The van der Waals surface area contributed by atoms with Gasteiger partial charge in [-0.05, 0) is 5.57 Å². The second kappa shape index (κ2) is 5.32. The molecule has 0 bridgehead atoms. The fraction of sp³-hybridized carbons (Fsp3) is 0.222. The molecule has 0 saturated carbocycles. The number of hydrogen-bond donors (Lipinski definition) is 2. The third-order valence-corrected chi connectivity index (χ3v) is 1.36. The van der Waals surface area contributed by atoms with Crippen LogP contribution in [0.25, 0.3) is 0 Å². The molecule has 1 unspecified atom stereocenters. The van der Waals surface area contributed by atoms with E-state index in [2.05, 4.69) is 18.5 Å². The van der Waals surface area contributed by atoms with E-state index in [0.29, 0.717) is 5.57 Å². The van der Waals surface area contributed by atoms with Crippen LogP contribution in [0.4, 0.5) is 0 Å². The number of aliphatic hydroxyl groups excluding tert-OH is 1. The molecular weight excluding hydrogens is 154 g/mol. The summed E-state index contributed by atoms with van der Waals surface area (Å²) in [6.45, 7) is 6.91. The lowest BCUT2D eigenvalue weighted by molar-refractivity contribution is -0.126. The number of nitrogens with one attached hydrogen (secondary N) is 1. The fourth-order valence-corrected chi connectivity index (χ4v) is 0.695. The van der Waals surface area contributed by atoms with E-state index in [1.165, 1.54) is 25.3 Å². The van der Waals surface area contributed by atoms with Gasteiger partial charge in [-0.2, -0.15) is 0 Å². The molecule has 0 heterocycles. The summed E-state index contributed by atoms with van der Waals surface area (Å²) in [7, 11) is 1.46. The Balaban J connectivity index is 4.51. The molecule has 0 spiro atoms. The van der Waals surface area contributed by atoms with Crippen molar-refractivity contribution in [2.24, 2.45) is 0 Å². The van der Waals surface area contributed by atoms with Crippen LogP contribution in [0, 0.1) is 0 Å². The van der Waals surface area contributed by atoms with E-state index in [0.717, 1.165) is 0 Å². The number of rotatable bonds is 4. The Morgan fingerprint density at radius 1 is 1.58 bits per heavy atom. The monoisotopic (exact) mass is 167 g/mol. The quantitative estimate of drug-likeness (QED) is 0.595. The highest BCUT2D eigenvalue weighted by Gasteiger charge is 2.14. The lowest BCUT2D eigenvalue weighted by Gasteiger charge is -2.08. The summed E-state index contributed by atoms with van der Waals surface area (Å²) in [4.78, 5) is 10.9. The largest absolute Gasteiger partial charge is 0.378 e. The Morgan fingerprint density at radius 3 is 2.50 bits per heavy atom. The number of likely N-dealkylation sites (N-methyl/N-ethyl adjacent to an activating group) is 1. The summed E-state index contributed by atoms with van der Waals surface area (Å²) in [5.74, 6) is -0.456. The Kier molecular flexibility index (Phi) is 4.72. The Labute approximate surface area is 72.1 Å². The maximum atomic E-state index is 10.9. The zero-order valence-electron chi connectivity index (χ0n) is 7.08. The minimum Gasteiger partial charge on any atom is -0.378 e. The van der Waals surface area contributed by atoms with Crippen molar-refractivity contribution in [3.8, 4) is 0 Å². The molecule has 0 aromatic rings. The van der Waals surface area contributed by atoms with Crippen molar-refractivity contribution in [3.63, 3.8) is 0 Å². The lowest BCUT2D eigenvalue weighted by Crippen LogP contribution is -2.32. The third-order valence-electron chi connectivity index (χ3n) is 1.36. The average Bonchev–Trinajstić information content (AvgIpc) is 2.11. The van der Waals surface area contributed by atoms with E-state index in [1.807, 2.05) is 0 Å². The first kappa shape index (κ1) is 10.7. The maximum absolute atomic E-state index is 10.9. The molecule has 3 nitrogen and oxygen atoms in total. The van der Waals surface area contributed by atoms with Crippen LogP contribution in [0.1, 0.15) is 0 Å². The molecule has 0 fully saturated rings. The van der Waals surface area contributed by atoms with Gasteiger partial charge in [0, 0.05) is 7.05 Å². The number of amides is 1. The molecule has 0 rings (SSSR count). The predicted octanol–water partition coefficient (Wildman–Crippen LogP) is 0.392. The van der Waals surface area contributed by atoms with Gasteiger partial charge in [0.2, 0.25) is 0 Å². The molecule has 1 atom stereocenters. The second-order valence-corrected chi connectivity index (χ2v) is 2.12. The molecule has 2 N–H and O–H groups in total. The van der Waals surface area contributed by atoms with Crippen LogP contribution in [0.15, 0.2) is 37.0 Å². The Bertz CT molecular complexity index is 219. The van der Waals surface area contributed by atoms with Gasteiger partial charge in [0.15, 0.2) is 6.10 Å². The maximum Gasteiger partial charge on any atom is 0.253 e. The van der Waals surface area contributed by atoms with Crippen LogP contribution >= 0.6 is 0 Å². The van der Waals surface area contributed by atoms with Crippen molar-refractivity contribution < 1.29 is 9.90 Å². The van der Waals surface area contributed by atoms with E-state index >= 15 is 0 Å². The van der Waals surface area contributed by atoms with E-state index in [-0.39, 0.29) is 0 Å². The predicted molar refractivity (Wildman–Crippen MR) is 48.6 cm³/mol. The van der Waals surface area contributed by atoms with Gasteiger partial charge in [-0.3, -0.25) is 4.79 Å². The van der Waals surface area contributed by atoms with Crippen LogP contribution in [0.3, 0.4) is 0 Å². The highest BCUT2D eigenvalue weighted by molar-refractivity contribution is 5.84. The first-order valence-electron chi connectivity index (χ1n) is 3.52. The molecule has 0 saturated heterocycles. The Hall–Kier alpha value is -1.35. The molecule has 0 radical (unpaired) electrons. The normalized spacial score (nSPS) is 13.3. The van der Waals surface area contributed by atoms with Gasteiger partial charge >= 0.3 is 0 Å². The topological polar surface area (TPSA) is 49.3 Å². The number of allylic oxidation sites excluding steroid dienone is 2. The van der Waals surface area contributed by atoms with Gasteiger partial charge in [-0.15, -0.1) is 0 Å². The van der Waals surface area contributed by atoms with Crippen molar-refractivity contribution in [2.75, 3.05) is 7.05 Å². The smallest absolute Gasteiger partial charge is 0.253 e. The summed E-state index contributed by atoms with van der Waals surface area (Å²) in [5, 5.41) is 11.6. The van der Waals surface area contributed by atoms with E-state index in [1.54, 1.807) is 0 Å². The second-order valence-electron chi connectivity index (χ2n) is 2.12. The van der Waals surface area contributed by atoms with Crippen LogP contribution in [0.2, 0.25) is 0 Å². The van der Waals surface area contributed by atoms with Crippen molar-refractivity contribution in [1.29, 1.82) is 0 Å². The summed E-state index contributed by atoms with van der Waals surface area (Å²) >= 11 is 0. The summed E-state index contributed by atoms with van der Waals surface area (Å²) < 4.78 is 0. The van der Waals surface area contributed by atoms with Crippen LogP contribution in [-0.2, 0) is 4.79 Å². The first-order chi connectivity index (χ1) is 5.67. The third kappa shape index (κ3) is 2.72. The number of carbonyl (C=O) groups excluding carboxylic acids is 1. The van der Waals surface area contributed by atoms with Gasteiger partial charge in [-0.25, -0.2) is 0 Å². The molecule has 66 valence electrons. The summed E-state index contributed by atoms with van der Waals surface area (Å²) in [6.07, 6.45) is 3.28. The molecule has 3 heteroatoms. The molecule has 0 aliphatic rings. The van der Waals surface area contributed by atoms with Gasteiger partial charge in [0.1, 0.15) is 0 Å². The fourth-order valence-electron chi connectivity index (χ4n) is 0.695. The number of aliphatic hydroxyl groups is 1. The van der Waals surface area contributed by atoms with E-state index in [9.17, 15) is 9.90 Å². The average molecular weight is 167 g/mol. The highest BCUT2D eigenvalue weighted by Crippen LogP contribution is 2.03. The molecular formula is C9H13NO2. The van der Waals surface area contributed by atoms with Crippen molar-refractivity contribution in [3.05, 3.63) is 37.0 Å². The molecule has 0 aliphatic heterocycles. The zero-order chi connectivity index (χ0) is 9.56. The van der Waals surface area contributed by atoms with Gasteiger partial charge in [-0.1, -0.05) is 31.4 Å². The highest BCUT2D eigenvalue weighted by atomic mass is 16.3. The van der Waals surface area contributed by atoms with E-state index < -0.39 is 12.0 Å². The standard InChI is InChI=1S/C9H13NO2/c1-4-6-7(5-2)8(11)9(12)10-3/h4-6,8,11H,1-2H2,3H3,(H,10,12)/b7-6+. The number of carbonyl (C=O) groups is 1. The van der Waals surface area contributed by atoms with Crippen LogP contribution in [0.5, 0.6) is 0 Å². The minimum atomic E-state index is -1.16. The lowest BCUT2D eigenvalue weighted by atomic mass is 10.1. The van der Waals surface area contributed by atoms with Gasteiger partial charge in [0.05, 0.1) is 0 Å². The Morgan fingerprint density at radius 2 is 2.17 bits per heavy atom. The van der Waals surface area contributed by atoms with Crippen molar-refractivity contribution in [1.82, 2.24) is 5.32 Å². The zero-order valence-corrected chi connectivity index (χ0v) is 7.08. The van der Waals surface area contributed by atoms with Crippen molar-refractivity contribution in [2.45, 2.75) is 6.10 Å². The van der Waals surface area contributed by atoms with Crippen LogP contribution in [-0.4, -0.2) is 24.2 Å². The SMILES string of the molecule is C=C/C=C(\C=C)C(O)C(=O)NC. The van der Waals surface area contributed by atoms with Gasteiger partial charge in [0.25, 0.3) is 5.91 Å². The van der Waals surface area contributed by atoms with E-state index in [4.69, 9.17) is 0 Å². The van der Waals surface area contributed by atoms with Crippen LogP contribution < -0.4 is 5.32 Å². The number of hydrogen-bond acceptors (Lipinski definition) is 2. The first-order valence-corrected chi connectivity index (χ1v) is 3.52.